The number of ether oxygens (including phenoxy) is 1. The number of aromatic amines is 1. The third kappa shape index (κ3) is 3.51. The highest BCUT2D eigenvalue weighted by molar-refractivity contribution is 6.30. The van der Waals surface area contributed by atoms with Gasteiger partial charge < -0.3 is 10.1 Å². The summed E-state index contributed by atoms with van der Waals surface area (Å²) in [6.07, 6.45) is 0.799. The minimum atomic E-state index is -0.258. The number of rotatable bonds is 5. The predicted molar refractivity (Wildman–Crippen MR) is 78.3 cm³/mol. The Bertz CT molecular complexity index is 610. The van der Waals surface area contributed by atoms with Gasteiger partial charge in [0.25, 0.3) is 5.91 Å². The van der Waals surface area contributed by atoms with Crippen molar-refractivity contribution in [2.45, 2.75) is 20.3 Å². The van der Waals surface area contributed by atoms with Crippen LogP contribution in [0.25, 0.3) is 0 Å². The van der Waals surface area contributed by atoms with E-state index in [0.717, 1.165) is 17.7 Å². The first-order valence-corrected chi connectivity index (χ1v) is 6.70. The van der Waals surface area contributed by atoms with Crippen LogP contribution < -0.4 is 10.1 Å². The first-order valence-electron chi connectivity index (χ1n) is 6.32. The highest BCUT2D eigenvalue weighted by Crippen LogP contribution is 2.18. The molecule has 1 aromatic heterocycles. The summed E-state index contributed by atoms with van der Waals surface area (Å²) in [5, 5.41) is 10.2. The molecule has 20 heavy (non-hydrogen) atoms. The number of nitrogens with zero attached hydrogens (tertiary/aromatic N) is 1. The number of H-pyrrole nitrogens is 1. The van der Waals surface area contributed by atoms with E-state index in [9.17, 15) is 4.79 Å². The zero-order chi connectivity index (χ0) is 14.5. The average Bonchev–Trinajstić information content (AvgIpc) is 2.77. The largest absolute Gasteiger partial charge is 0.484 e. The zero-order valence-corrected chi connectivity index (χ0v) is 12.1. The van der Waals surface area contributed by atoms with E-state index < -0.39 is 0 Å². The first kappa shape index (κ1) is 14.4. The third-order valence-corrected chi connectivity index (χ3v) is 3.09. The van der Waals surface area contributed by atoms with Crippen LogP contribution in [0.3, 0.4) is 0 Å². The lowest BCUT2D eigenvalue weighted by molar-refractivity contribution is -0.118. The summed E-state index contributed by atoms with van der Waals surface area (Å²) in [4.78, 5) is 11.8. The van der Waals surface area contributed by atoms with Gasteiger partial charge in [0, 0.05) is 16.3 Å². The molecule has 2 aromatic rings. The fraction of sp³-hybridized carbons (Fsp3) is 0.286. The highest BCUT2D eigenvalue weighted by Gasteiger charge is 2.11. The van der Waals surface area contributed by atoms with Crippen molar-refractivity contribution in [3.63, 3.8) is 0 Å². The lowest BCUT2D eigenvalue weighted by Crippen LogP contribution is -2.21. The molecule has 0 radical (unpaired) electrons. The molecule has 0 fully saturated rings. The molecule has 0 aliphatic rings. The van der Waals surface area contributed by atoms with Gasteiger partial charge in [-0.2, -0.15) is 5.10 Å². The Morgan fingerprint density at radius 1 is 1.50 bits per heavy atom. The van der Waals surface area contributed by atoms with E-state index in [1.807, 2.05) is 13.8 Å². The molecule has 0 aliphatic carbocycles. The molecule has 1 heterocycles. The normalized spacial score (nSPS) is 10.3. The van der Waals surface area contributed by atoms with E-state index >= 15 is 0 Å². The number of anilines is 1. The van der Waals surface area contributed by atoms with Crippen LogP contribution in [0.4, 0.5) is 5.82 Å². The minimum absolute atomic E-state index is 0.0879. The van der Waals surface area contributed by atoms with Gasteiger partial charge in [0.15, 0.2) is 12.4 Å². The summed E-state index contributed by atoms with van der Waals surface area (Å²) in [6.45, 7) is 3.84. The molecule has 0 unspecified atom stereocenters. The molecule has 0 saturated heterocycles. The maximum atomic E-state index is 11.8. The Balaban J connectivity index is 1.92. The Kier molecular flexibility index (Phi) is 4.63. The fourth-order valence-electron chi connectivity index (χ4n) is 1.86. The second kappa shape index (κ2) is 6.43. The molecule has 0 saturated carbocycles. The Hall–Kier alpha value is -2.01. The Morgan fingerprint density at radius 3 is 3.00 bits per heavy atom. The van der Waals surface area contributed by atoms with Crippen LogP contribution in [-0.2, 0) is 11.2 Å². The molecule has 0 atom stereocenters. The summed E-state index contributed by atoms with van der Waals surface area (Å²) >= 11 is 5.84. The molecule has 106 valence electrons. The summed E-state index contributed by atoms with van der Waals surface area (Å²) in [5.74, 6) is 0.859. The molecule has 0 bridgehead atoms. The highest BCUT2D eigenvalue weighted by atomic mass is 35.5. The average molecular weight is 294 g/mol. The van der Waals surface area contributed by atoms with E-state index in [1.54, 1.807) is 24.3 Å². The number of nitrogens with one attached hydrogen (secondary N) is 2. The molecule has 6 heteroatoms. The molecule has 0 spiro atoms. The van der Waals surface area contributed by atoms with Gasteiger partial charge in [-0.15, -0.1) is 0 Å². The van der Waals surface area contributed by atoms with Crippen LogP contribution in [-0.4, -0.2) is 22.7 Å². The van der Waals surface area contributed by atoms with Gasteiger partial charge in [-0.1, -0.05) is 24.6 Å². The van der Waals surface area contributed by atoms with Gasteiger partial charge in [-0.3, -0.25) is 9.89 Å². The number of aromatic nitrogens is 2. The molecular formula is C14H16ClN3O2. The zero-order valence-electron chi connectivity index (χ0n) is 11.4. The van der Waals surface area contributed by atoms with Crippen LogP contribution >= 0.6 is 11.6 Å². The molecule has 1 amide bonds. The van der Waals surface area contributed by atoms with E-state index in [0.29, 0.717) is 16.6 Å². The maximum Gasteiger partial charge on any atom is 0.263 e. The molecule has 2 rings (SSSR count). The number of amides is 1. The number of benzene rings is 1. The lowest BCUT2D eigenvalue weighted by atomic mass is 10.2. The van der Waals surface area contributed by atoms with Crippen molar-refractivity contribution >= 4 is 23.3 Å². The monoisotopic (exact) mass is 293 g/mol. The van der Waals surface area contributed by atoms with Crippen molar-refractivity contribution in [2.24, 2.45) is 0 Å². The van der Waals surface area contributed by atoms with E-state index in [1.165, 1.54) is 0 Å². The third-order valence-electron chi connectivity index (χ3n) is 2.85. The van der Waals surface area contributed by atoms with Gasteiger partial charge >= 0.3 is 0 Å². The standard InChI is InChI=1S/C14H16ClN3O2/c1-3-12-9(2)17-18-14(12)16-13(19)8-20-11-6-4-5-10(15)7-11/h4-7H,3,8H2,1-2H3,(H2,16,17,18,19). The van der Waals surface area contributed by atoms with E-state index in [-0.39, 0.29) is 12.5 Å². The molecular weight excluding hydrogens is 278 g/mol. The van der Waals surface area contributed by atoms with Crippen LogP contribution in [0, 0.1) is 6.92 Å². The SMILES string of the molecule is CCc1c(NC(=O)COc2cccc(Cl)c2)n[nH]c1C. The fourth-order valence-corrected chi connectivity index (χ4v) is 2.04. The van der Waals surface area contributed by atoms with Crippen LogP contribution in [0.2, 0.25) is 5.02 Å². The number of hydrogen-bond acceptors (Lipinski definition) is 3. The van der Waals surface area contributed by atoms with Crippen molar-refractivity contribution < 1.29 is 9.53 Å². The summed E-state index contributed by atoms with van der Waals surface area (Å²) in [5.41, 5.74) is 1.96. The van der Waals surface area contributed by atoms with Gasteiger partial charge in [-0.25, -0.2) is 0 Å². The van der Waals surface area contributed by atoms with E-state index in [2.05, 4.69) is 15.5 Å². The second-order valence-electron chi connectivity index (χ2n) is 4.32. The van der Waals surface area contributed by atoms with Crippen LogP contribution in [0.1, 0.15) is 18.2 Å². The predicted octanol–water partition coefficient (Wildman–Crippen LogP) is 2.95. The maximum absolute atomic E-state index is 11.8. The minimum Gasteiger partial charge on any atom is -0.484 e. The number of halogens is 1. The van der Waals surface area contributed by atoms with Gasteiger partial charge in [0.2, 0.25) is 0 Å². The molecule has 0 aliphatic heterocycles. The number of aryl methyl sites for hydroxylation is 1. The Labute approximate surface area is 122 Å². The van der Waals surface area contributed by atoms with Crippen LogP contribution in [0.15, 0.2) is 24.3 Å². The van der Waals surface area contributed by atoms with Crippen molar-refractivity contribution in [1.82, 2.24) is 10.2 Å². The number of carbonyl (C=O) groups is 1. The molecule has 5 nitrogen and oxygen atoms in total. The van der Waals surface area contributed by atoms with Crippen molar-refractivity contribution in [2.75, 3.05) is 11.9 Å². The van der Waals surface area contributed by atoms with Gasteiger partial charge in [0.1, 0.15) is 5.75 Å². The molecule has 2 N–H and O–H groups in total. The van der Waals surface area contributed by atoms with E-state index in [4.69, 9.17) is 16.3 Å². The number of carbonyl (C=O) groups excluding carboxylic acids is 1. The first-order chi connectivity index (χ1) is 9.60. The van der Waals surface area contributed by atoms with Gasteiger partial charge in [0.05, 0.1) is 0 Å². The topological polar surface area (TPSA) is 67.0 Å². The Morgan fingerprint density at radius 2 is 2.30 bits per heavy atom. The van der Waals surface area contributed by atoms with Crippen LogP contribution in [0.5, 0.6) is 5.75 Å². The number of hydrogen-bond donors (Lipinski definition) is 2. The van der Waals surface area contributed by atoms with Gasteiger partial charge in [-0.05, 0) is 31.5 Å². The summed E-state index contributed by atoms with van der Waals surface area (Å²) in [7, 11) is 0. The summed E-state index contributed by atoms with van der Waals surface area (Å²) in [6, 6.07) is 6.91. The molecule has 1 aromatic carbocycles. The smallest absolute Gasteiger partial charge is 0.263 e. The van der Waals surface area contributed by atoms with Crippen molar-refractivity contribution in [3.05, 3.63) is 40.5 Å². The lowest BCUT2D eigenvalue weighted by Gasteiger charge is -2.07. The quantitative estimate of drug-likeness (QED) is 0.890. The second-order valence-corrected chi connectivity index (χ2v) is 4.76. The van der Waals surface area contributed by atoms with Crippen molar-refractivity contribution in [1.29, 1.82) is 0 Å². The van der Waals surface area contributed by atoms with Crippen molar-refractivity contribution in [3.8, 4) is 5.75 Å². The summed E-state index contributed by atoms with van der Waals surface area (Å²) < 4.78 is 5.37.